The van der Waals surface area contributed by atoms with Gasteiger partial charge in [-0.1, -0.05) is 41.9 Å². The first-order chi connectivity index (χ1) is 15.3. The maximum Gasteiger partial charge on any atom is 0.254 e. The van der Waals surface area contributed by atoms with Gasteiger partial charge in [-0.15, -0.1) is 11.3 Å². The van der Waals surface area contributed by atoms with Gasteiger partial charge in [0.2, 0.25) is 5.91 Å². The Morgan fingerprint density at radius 2 is 1.75 bits per heavy atom. The van der Waals surface area contributed by atoms with Crippen LogP contribution in [0, 0.1) is 0 Å². The summed E-state index contributed by atoms with van der Waals surface area (Å²) in [7, 11) is 0. The van der Waals surface area contributed by atoms with E-state index in [1.807, 2.05) is 43.9 Å². The summed E-state index contributed by atoms with van der Waals surface area (Å²) in [4.78, 5) is 31.9. The van der Waals surface area contributed by atoms with E-state index in [2.05, 4.69) is 23.6 Å². The van der Waals surface area contributed by atoms with Crippen LogP contribution >= 0.6 is 22.9 Å². The molecule has 166 valence electrons. The van der Waals surface area contributed by atoms with Crippen molar-refractivity contribution in [3.63, 3.8) is 0 Å². The Morgan fingerprint density at radius 3 is 2.41 bits per heavy atom. The van der Waals surface area contributed by atoms with Gasteiger partial charge in [0.05, 0.1) is 6.04 Å². The smallest absolute Gasteiger partial charge is 0.254 e. The molecule has 1 aromatic heterocycles. The second-order valence-electron chi connectivity index (χ2n) is 9.02. The second kappa shape index (κ2) is 9.08. The zero-order valence-electron chi connectivity index (χ0n) is 18.5. The van der Waals surface area contributed by atoms with Crippen LogP contribution in [-0.2, 0) is 11.2 Å². The van der Waals surface area contributed by atoms with Gasteiger partial charge in [0.25, 0.3) is 5.91 Å². The summed E-state index contributed by atoms with van der Waals surface area (Å²) in [5.41, 5.74) is 2.28. The van der Waals surface area contributed by atoms with E-state index in [9.17, 15) is 9.59 Å². The number of rotatable bonds is 4. The second-order valence-corrected chi connectivity index (χ2v) is 10.5. The van der Waals surface area contributed by atoms with Crippen LogP contribution in [0.4, 0.5) is 0 Å². The van der Waals surface area contributed by atoms with Crippen molar-refractivity contribution >= 4 is 34.8 Å². The third-order valence-corrected chi connectivity index (χ3v) is 7.09. The van der Waals surface area contributed by atoms with Crippen LogP contribution < -0.4 is 0 Å². The summed E-state index contributed by atoms with van der Waals surface area (Å²) >= 11 is 7.74. The van der Waals surface area contributed by atoms with E-state index in [0.29, 0.717) is 17.1 Å². The van der Waals surface area contributed by atoms with Gasteiger partial charge in [0.1, 0.15) is 6.54 Å². The number of hydrogen-bond acceptors (Lipinski definition) is 3. The van der Waals surface area contributed by atoms with Crippen molar-refractivity contribution < 1.29 is 9.59 Å². The van der Waals surface area contributed by atoms with Crippen LogP contribution in [0.15, 0.2) is 66.0 Å². The quantitative estimate of drug-likeness (QED) is 0.486. The number of thiophene rings is 1. The van der Waals surface area contributed by atoms with E-state index in [0.717, 1.165) is 12.0 Å². The number of halogens is 1. The number of carbonyl (C=O) groups excluding carboxylic acids is 2. The van der Waals surface area contributed by atoms with Gasteiger partial charge in [0, 0.05) is 27.5 Å². The van der Waals surface area contributed by atoms with Gasteiger partial charge < -0.3 is 9.80 Å². The predicted molar refractivity (Wildman–Crippen MR) is 130 cm³/mol. The molecule has 4 rings (SSSR count). The molecular formula is C26H27ClN2O2S. The molecule has 3 aromatic rings. The Morgan fingerprint density at radius 1 is 1.06 bits per heavy atom. The summed E-state index contributed by atoms with van der Waals surface area (Å²) in [5.74, 6) is -0.222. The molecule has 1 aliphatic rings. The Hall–Kier alpha value is -2.63. The minimum absolute atomic E-state index is 0.0216. The van der Waals surface area contributed by atoms with Crippen LogP contribution in [0.5, 0.6) is 0 Å². The highest BCUT2D eigenvalue weighted by Gasteiger charge is 2.36. The molecule has 1 unspecified atom stereocenters. The van der Waals surface area contributed by atoms with E-state index >= 15 is 0 Å². The highest BCUT2D eigenvalue weighted by atomic mass is 35.5. The standard InChI is InChI=1S/C26H27ClN2O2S/c1-26(2,3)29(25(31)19-9-11-20(27)12-10-19)17-23(30)28-15-13-22-21(14-16-32-22)24(28)18-7-5-4-6-8-18/h4-12,14,16,24H,13,15,17H2,1-3H3. The first-order valence-corrected chi connectivity index (χ1v) is 12.0. The van der Waals surface area contributed by atoms with E-state index < -0.39 is 5.54 Å². The first-order valence-electron chi connectivity index (χ1n) is 10.7. The lowest BCUT2D eigenvalue weighted by Gasteiger charge is -2.40. The highest BCUT2D eigenvalue weighted by molar-refractivity contribution is 7.10. The van der Waals surface area contributed by atoms with Gasteiger partial charge in [-0.25, -0.2) is 0 Å². The van der Waals surface area contributed by atoms with E-state index in [1.165, 1.54) is 10.4 Å². The lowest BCUT2D eigenvalue weighted by Crippen LogP contribution is -2.52. The molecule has 2 aromatic carbocycles. The van der Waals surface area contributed by atoms with E-state index in [1.54, 1.807) is 40.5 Å². The molecule has 2 heterocycles. The molecule has 0 radical (unpaired) electrons. The molecule has 4 nitrogen and oxygen atoms in total. The zero-order valence-corrected chi connectivity index (χ0v) is 20.1. The molecule has 0 saturated heterocycles. The normalized spacial score (nSPS) is 15.9. The molecule has 0 N–H and O–H groups in total. The number of amides is 2. The van der Waals surface area contributed by atoms with Crippen LogP contribution in [0.25, 0.3) is 0 Å². The fourth-order valence-corrected chi connectivity index (χ4v) is 5.20. The fourth-order valence-electron chi connectivity index (χ4n) is 4.17. The van der Waals surface area contributed by atoms with Crippen LogP contribution in [0.1, 0.15) is 53.2 Å². The van der Waals surface area contributed by atoms with Gasteiger partial charge in [-0.3, -0.25) is 9.59 Å². The summed E-state index contributed by atoms with van der Waals surface area (Å²) < 4.78 is 0. The van der Waals surface area contributed by atoms with Gasteiger partial charge in [0.15, 0.2) is 0 Å². The molecule has 0 aliphatic carbocycles. The SMILES string of the molecule is CC(C)(C)N(CC(=O)N1CCc2sccc2C1c1ccccc1)C(=O)c1ccc(Cl)cc1. The topological polar surface area (TPSA) is 40.6 Å². The highest BCUT2D eigenvalue weighted by Crippen LogP contribution is 2.38. The van der Waals surface area contributed by atoms with Crippen molar-refractivity contribution in [3.05, 3.63) is 92.6 Å². The Labute approximate surface area is 198 Å². The minimum Gasteiger partial charge on any atom is -0.330 e. The number of nitrogens with zero attached hydrogens (tertiary/aromatic N) is 2. The molecule has 0 bridgehead atoms. The van der Waals surface area contributed by atoms with Crippen LogP contribution in [0.3, 0.4) is 0 Å². The molecule has 32 heavy (non-hydrogen) atoms. The maximum atomic E-state index is 13.7. The first kappa shape index (κ1) is 22.6. The number of fused-ring (bicyclic) bond motifs is 1. The largest absolute Gasteiger partial charge is 0.330 e. The number of hydrogen-bond donors (Lipinski definition) is 0. The summed E-state index contributed by atoms with van der Waals surface area (Å²) in [5, 5.41) is 2.67. The average Bonchev–Trinajstić information content (AvgIpc) is 3.25. The van der Waals surface area contributed by atoms with Gasteiger partial charge in [-0.05, 0) is 74.0 Å². The summed E-state index contributed by atoms with van der Waals surface area (Å²) in [6.45, 7) is 6.52. The van der Waals surface area contributed by atoms with Crippen LogP contribution in [-0.4, -0.2) is 40.2 Å². The molecule has 1 atom stereocenters. The molecule has 1 aliphatic heterocycles. The Kier molecular flexibility index (Phi) is 6.40. The molecule has 2 amide bonds. The monoisotopic (exact) mass is 466 g/mol. The lowest BCUT2D eigenvalue weighted by atomic mass is 9.93. The van der Waals surface area contributed by atoms with Crippen molar-refractivity contribution in [2.45, 2.75) is 38.8 Å². The van der Waals surface area contributed by atoms with Crippen molar-refractivity contribution in [1.82, 2.24) is 9.80 Å². The summed E-state index contributed by atoms with van der Waals surface area (Å²) in [6.07, 6.45) is 0.836. The molecule has 0 spiro atoms. The van der Waals surface area contributed by atoms with Crippen LogP contribution in [0.2, 0.25) is 5.02 Å². The Balaban J connectivity index is 1.64. The predicted octanol–water partition coefficient (Wildman–Crippen LogP) is 5.82. The maximum absolute atomic E-state index is 13.7. The zero-order chi connectivity index (χ0) is 22.9. The van der Waals surface area contributed by atoms with Crippen molar-refractivity contribution in [2.24, 2.45) is 0 Å². The molecule has 0 fully saturated rings. The minimum atomic E-state index is -0.516. The third kappa shape index (κ3) is 4.59. The van der Waals surface area contributed by atoms with Crippen molar-refractivity contribution in [1.29, 1.82) is 0 Å². The fraction of sp³-hybridized carbons (Fsp3) is 0.308. The van der Waals surface area contributed by atoms with Gasteiger partial charge in [-0.2, -0.15) is 0 Å². The molecule has 6 heteroatoms. The number of benzene rings is 2. The average molecular weight is 467 g/mol. The van der Waals surface area contributed by atoms with Gasteiger partial charge >= 0.3 is 0 Å². The lowest BCUT2D eigenvalue weighted by molar-refractivity contribution is -0.135. The number of carbonyl (C=O) groups is 2. The Bertz CT molecular complexity index is 1100. The molecule has 0 saturated carbocycles. The summed E-state index contributed by atoms with van der Waals surface area (Å²) in [6, 6.07) is 18.9. The van der Waals surface area contributed by atoms with E-state index in [4.69, 9.17) is 11.6 Å². The van der Waals surface area contributed by atoms with E-state index in [-0.39, 0.29) is 24.4 Å². The van der Waals surface area contributed by atoms with Crippen molar-refractivity contribution in [2.75, 3.05) is 13.1 Å². The third-order valence-electron chi connectivity index (χ3n) is 5.84. The molecular weight excluding hydrogens is 440 g/mol. The van der Waals surface area contributed by atoms with Crippen molar-refractivity contribution in [3.8, 4) is 0 Å².